The van der Waals surface area contributed by atoms with Gasteiger partial charge in [-0.2, -0.15) is 0 Å². The van der Waals surface area contributed by atoms with Gasteiger partial charge in [0.1, 0.15) is 0 Å². The molecular weight excluding hydrogens is 411 g/mol. The maximum Gasteiger partial charge on any atom is 0.193 e. The van der Waals surface area contributed by atoms with E-state index in [1.54, 1.807) is 0 Å². The molecule has 0 fully saturated rings. The highest BCUT2D eigenvalue weighted by molar-refractivity contribution is 6.31. The highest BCUT2D eigenvalue weighted by Crippen LogP contribution is 2.40. The fraction of sp³-hybridized carbons (Fsp3) is 0.0741. The Bertz CT molecular complexity index is 1280. The number of halogens is 2. The van der Waals surface area contributed by atoms with Gasteiger partial charge in [-0.25, -0.2) is 0 Å². The highest BCUT2D eigenvalue weighted by atomic mass is 35.5. The zero-order valence-corrected chi connectivity index (χ0v) is 17.5. The second-order valence-electron chi connectivity index (χ2n) is 8.03. The van der Waals surface area contributed by atoms with E-state index >= 15 is 0 Å². The van der Waals surface area contributed by atoms with Crippen molar-refractivity contribution in [3.8, 4) is 22.3 Å². The van der Waals surface area contributed by atoms with E-state index in [1.807, 2.05) is 48.5 Å². The zero-order chi connectivity index (χ0) is 20.4. The fourth-order valence-electron chi connectivity index (χ4n) is 4.81. The number of hydrogen-bond acceptors (Lipinski definition) is 1. The molecule has 6 rings (SSSR count). The van der Waals surface area contributed by atoms with Gasteiger partial charge in [-0.3, -0.25) is 4.79 Å². The number of carbonyl (C=O) groups is 1. The molecule has 0 N–H and O–H groups in total. The summed E-state index contributed by atoms with van der Waals surface area (Å²) in [6.07, 6.45) is 1.62. The summed E-state index contributed by atoms with van der Waals surface area (Å²) < 4.78 is 0. The van der Waals surface area contributed by atoms with Crippen LogP contribution in [0.2, 0.25) is 10.0 Å². The van der Waals surface area contributed by atoms with Crippen LogP contribution < -0.4 is 0 Å². The van der Waals surface area contributed by atoms with Gasteiger partial charge in [0, 0.05) is 21.2 Å². The van der Waals surface area contributed by atoms with Gasteiger partial charge in [-0.1, -0.05) is 59.6 Å². The molecule has 0 amide bonds. The van der Waals surface area contributed by atoms with Crippen molar-refractivity contribution in [2.75, 3.05) is 0 Å². The summed E-state index contributed by atoms with van der Waals surface area (Å²) in [5.74, 6) is 0.0589. The van der Waals surface area contributed by atoms with E-state index in [4.69, 9.17) is 23.2 Å². The number of ketones is 1. The summed E-state index contributed by atoms with van der Waals surface area (Å²) in [6.45, 7) is 0. The molecule has 0 unspecified atom stereocenters. The minimum Gasteiger partial charge on any atom is -0.289 e. The molecule has 1 nitrogen and oxygen atoms in total. The second kappa shape index (κ2) is 6.57. The van der Waals surface area contributed by atoms with E-state index in [-0.39, 0.29) is 5.78 Å². The van der Waals surface area contributed by atoms with Crippen molar-refractivity contribution in [2.45, 2.75) is 12.8 Å². The molecule has 0 radical (unpaired) electrons. The third-order valence-corrected chi connectivity index (χ3v) is 6.68. The van der Waals surface area contributed by atoms with Gasteiger partial charge in [0.25, 0.3) is 0 Å². The van der Waals surface area contributed by atoms with E-state index in [2.05, 4.69) is 24.3 Å². The average Bonchev–Trinajstić information content (AvgIpc) is 3.28. The maximum absolute atomic E-state index is 13.3. The Morgan fingerprint density at radius 2 is 0.900 bits per heavy atom. The summed E-state index contributed by atoms with van der Waals surface area (Å²) in [6, 6.07) is 24.1. The lowest BCUT2D eigenvalue weighted by Gasteiger charge is -2.07. The quantitative estimate of drug-likeness (QED) is 0.264. The van der Waals surface area contributed by atoms with Crippen LogP contribution in [0.3, 0.4) is 0 Å². The molecule has 0 spiro atoms. The van der Waals surface area contributed by atoms with E-state index in [9.17, 15) is 4.79 Å². The molecule has 4 aromatic carbocycles. The van der Waals surface area contributed by atoms with Crippen LogP contribution in [0.5, 0.6) is 0 Å². The predicted molar refractivity (Wildman–Crippen MR) is 123 cm³/mol. The number of benzene rings is 4. The molecule has 3 heteroatoms. The molecule has 144 valence electrons. The molecule has 0 atom stereocenters. The van der Waals surface area contributed by atoms with Crippen molar-refractivity contribution >= 4 is 29.0 Å². The summed E-state index contributed by atoms with van der Waals surface area (Å²) in [5, 5.41) is 1.50. The van der Waals surface area contributed by atoms with Crippen molar-refractivity contribution in [1.29, 1.82) is 0 Å². The third kappa shape index (κ3) is 2.74. The van der Waals surface area contributed by atoms with Crippen molar-refractivity contribution in [3.63, 3.8) is 0 Å². The molecule has 0 bridgehead atoms. The first kappa shape index (κ1) is 17.9. The average molecular weight is 427 g/mol. The first-order chi connectivity index (χ1) is 14.6. The van der Waals surface area contributed by atoms with Gasteiger partial charge in [0.2, 0.25) is 0 Å². The molecule has 0 aliphatic heterocycles. The Morgan fingerprint density at radius 1 is 0.533 bits per heavy atom. The Kier molecular flexibility index (Phi) is 3.93. The van der Waals surface area contributed by atoms with Gasteiger partial charge in [-0.15, -0.1) is 0 Å². The summed E-state index contributed by atoms with van der Waals surface area (Å²) in [4.78, 5) is 13.3. The third-order valence-electron chi connectivity index (χ3n) is 6.21. The molecular formula is C27H16Cl2O. The summed E-state index contributed by atoms with van der Waals surface area (Å²) >= 11 is 12.3. The molecule has 2 aliphatic carbocycles. The standard InChI is InChI=1S/C27H16Cl2O/c28-21-3-7-25-19(13-21)11-17-9-15(1-5-23(17)25)27(30)16-2-6-24-18(10-16)12-20-14-22(29)4-8-26(20)24/h1-10,13-14H,11-12H2. The normalized spacial score (nSPS) is 12.9. The van der Waals surface area contributed by atoms with Crippen LogP contribution in [0.25, 0.3) is 22.3 Å². The molecule has 2 aliphatic rings. The molecule has 0 aromatic heterocycles. The largest absolute Gasteiger partial charge is 0.289 e. The van der Waals surface area contributed by atoms with Crippen LogP contribution in [0.4, 0.5) is 0 Å². The smallest absolute Gasteiger partial charge is 0.193 e. The maximum atomic E-state index is 13.3. The lowest BCUT2D eigenvalue weighted by Crippen LogP contribution is -2.03. The first-order valence-electron chi connectivity index (χ1n) is 9.95. The van der Waals surface area contributed by atoms with Crippen LogP contribution in [0.15, 0.2) is 72.8 Å². The predicted octanol–water partition coefficient (Wildman–Crippen LogP) is 7.37. The van der Waals surface area contributed by atoms with Crippen LogP contribution in [0, 0.1) is 0 Å². The molecule has 0 saturated heterocycles. The Labute approximate surface area is 184 Å². The highest BCUT2D eigenvalue weighted by Gasteiger charge is 2.23. The minimum absolute atomic E-state index is 0.0589. The van der Waals surface area contributed by atoms with Gasteiger partial charge in [-0.05, 0) is 93.7 Å². The van der Waals surface area contributed by atoms with Crippen LogP contribution in [0.1, 0.15) is 38.2 Å². The second-order valence-corrected chi connectivity index (χ2v) is 8.90. The minimum atomic E-state index is 0.0589. The Hall–Kier alpha value is -2.87. The van der Waals surface area contributed by atoms with Crippen molar-refractivity contribution in [3.05, 3.63) is 116 Å². The van der Waals surface area contributed by atoms with Gasteiger partial charge >= 0.3 is 0 Å². The number of hydrogen-bond donors (Lipinski definition) is 0. The lowest BCUT2D eigenvalue weighted by molar-refractivity contribution is 0.103. The Balaban J connectivity index is 1.34. The van der Waals surface area contributed by atoms with Gasteiger partial charge in [0.05, 0.1) is 0 Å². The van der Waals surface area contributed by atoms with Crippen molar-refractivity contribution < 1.29 is 4.79 Å². The number of rotatable bonds is 2. The molecule has 4 aromatic rings. The lowest BCUT2D eigenvalue weighted by atomic mass is 9.96. The summed E-state index contributed by atoms with van der Waals surface area (Å²) in [7, 11) is 0. The van der Waals surface area contributed by atoms with Gasteiger partial charge in [0.15, 0.2) is 5.78 Å². The summed E-state index contributed by atoms with van der Waals surface area (Å²) in [5.41, 5.74) is 11.1. The van der Waals surface area contributed by atoms with Crippen LogP contribution in [-0.2, 0) is 12.8 Å². The number of fused-ring (bicyclic) bond motifs is 6. The first-order valence-corrected chi connectivity index (χ1v) is 10.7. The van der Waals surface area contributed by atoms with E-state index < -0.39 is 0 Å². The van der Waals surface area contributed by atoms with Crippen molar-refractivity contribution in [1.82, 2.24) is 0 Å². The number of carbonyl (C=O) groups excluding carboxylic acids is 1. The molecule has 30 heavy (non-hydrogen) atoms. The van der Waals surface area contributed by atoms with E-state index in [0.29, 0.717) is 0 Å². The van der Waals surface area contributed by atoms with Crippen LogP contribution in [-0.4, -0.2) is 5.78 Å². The SMILES string of the molecule is O=C(c1ccc2c(c1)Cc1cc(Cl)ccc1-2)c1ccc2c(c1)Cc1cc(Cl)ccc1-2. The van der Waals surface area contributed by atoms with E-state index in [0.717, 1.165) is 34.0 Å². The topological polar surface area (TPSA) is 17.1 Å². The van der Waals surface area contributed by atoms with Crippen LogP contribution >= 0.6 is 23.2 Å². The molecule has 0 heterocycles. The van der Waals surface area contributed by atoms with Gasteiger partial charge < -0.3 is 0 Å². The fourth-order valence-corrected chi connectivity index (χ4v) is 5.20. The monoisotopic (exact) mass is 426 g/mol. The van der Waals surface area contributed by atoms with Crippen molar-refractivity contribution in [2.24, 2.45) is 0 Å². The Morgan fingerprint density at radius 3 is 1.33 bits per heavy atom. The van der Waals surface area contributed by atoms with E-state index in [1.165, 1.54) is 44.5 Å². The zero-order valence-electron chi connectivity index (χ0n) is 16.0. The molecule has 0 saturated carbocycles.